The maximum absolute atomic E-state index is 12.3. The van der Waals surface area contributed by atoms with Crippen molar-refractivity contribution < 1.29 is 19.2 Å². The second-order valence-electron chi connectivity index (χ2n) is 6.07. The quantitative estimate of drug-likeness (QED) is 0.391. The number of hydrogen-bond acceptors (Lipinski definition) is 4. The third-order valence-corrected chi connectivity index (χ3v) is 4.59. The van der Waals surface area contributed by atoms with Crippen molar-refractivity contribution in [3.63, 3.8) is 0 Å². The lowest BCUT2D eigenvalue weighted by atomic mass is 9.85. The lowest BCUT2D eigenvalue weighted by Crippen LogP contribution is -2.34. The van der Waals surface area contributed by atoms with Gasteiger partial charge in [-0.3, -0.25) is 14.4 Å². The summed E-state index contributed by atoms with van der Waals surface area (Å²) in [5.74, 6) is -1.19. The van der Waals surface area contributed by atoms with Crippen LogP contribution in [0.15, 0.2) is 12.2 Å². The van der Waals surface area contributed by atoms with Gasteiger partial charge in [-0.05, 0) is 6.42 Å². The molecule has 0 N–H and O–H groups in total. The van der Waals surface area contributed by atoms with E-state index in [-0.39, 0.29) is 35.9 Å². The van der Waals surface area contributed by atoms with Gasteiger partial charge in [0.05, 0.1) is 30.7 Å². The molecule has 3 heterocycles. The van der Waals surface area contributed by atoms with Gasteiger partial charge in [-0.15, -0.1) is 0 Å². The minimum absolute atomic E-state index is 0.229. The Morgan fingerprint density at radius 1 is 1.00 bits per heavy atom. The number of ether oxygens (including phenoxy) is 1. The van der Waals surface area contributed by atoms with Crippen LogP contribution in [0.5, 0.6) is 0 Å². The molecule has 0 aliphatic carbocycles. The topological polar surface area (TPSA) is 55.8 Å². The molecule has 3 aliphatic heterocycles. The van der Waals surface area contributed by atoms with Crippen molar-refractivity contribution in [2.45, 2.75) is 57.7 Å². The van der Waals surface area contributed by atoms with Crippen LogP contribution in [0.1, 0.15) is 45.4 Å². The lowest BCUT2D eigenvalue weighted by molar-refractivity contribution is -0.192. The fraction of sp³-hybridized carbons (Fsp3) is 0.750. The van der Waals surface area contributed by atoms with E-state index in [9.17, 15) is 9.59 Å². The van der Waals surface area contributed by atoms with E-state index in [1.807, 2.05) is 12.2 Å². The van der Waals surface area contributed by atoms with Crippen molar-refractivity contribution in [2.75, 3.05) is 6.61 Å². The number of hydroxylamine groups is 2. The van der Waals surface area contributed by atoms with Gasteiger partial charge in [0.25, 0.3) is 11.8 Å². The van der Waals surface area contributed by atoms with Crippen LogP contribution in [0, 0.1) is 11.8 Å². The molecule has 2 amide bonds. The molecule has 0 unspecified atom stereocenters. The Morgan fingerprint density at radius 3 is 2.19 bits per heavy atom. The van der Waals surface area contributed by atoms with Gasteiger partial charge < -0.3 is 4.74 Å². The summed E-state index contributed by atoms with van der Waals surface area (Å²) >= 11 is 0. The molecular weight excluding hydrogens is 270 g/mol. The third-order valence-electron chi connectivity index (χ3n) is 4.59. The van der Waals surface area contributed by atoms with Gasteiger partial charge in [-0.1, -0.05) is 51.2 Å². The summed E-state index contributed by atoms with van der Waals surface area (Å²) in [6.07, 6.45) is 10.2. The molecule has 116 valence electrons. The molecule has 3 aliphatic rings. The summed E-state index contributed by atoms with van der Waals surface area (Å²) in [5.41, 5.74) is 0. The van der Waals surface area contributed by atoms with E-state index in [4.69, 9.17) is 9.57 Å². The van der Waals surface area contributed by atoms with Crippen LogP contribution in [-0.4, -0.2) is 35.7 Å². The Labute approximate surface area is 125 Å². The van der Waals surface area contributed by atoms with Crippen LogP contribution in [0.3, 0.4) is 0 Å². The van der Waals surface area contributed by atoms with Crippen molar-refractivity contribution in [1.29, 1.82) is 0 Å². The summed E-state index contributed by atoms with van der Waals surface area (Å²) in [6, 6.07) is 0. The highest BCUT2D eigenvalue weighted by Crippen LogP contribution is 2.45. The Balaban J connectivity index is 1.43. The van der Waals surface area contributed by atoms with Crippen molar-refractivity contribution in [1.82, 2.24) is 5.06 Å². The molecular formula is C16H23NO4. The van der Waals surface area contributed by atoms with E-state index in [1.54, 1.807) is 0 Å². The summed E-state index contributed by atoms with van der Waals surface area (Å²) in [5, 5.41) is 0.997. The Bertz CT molecular complexity index is 418. The van der Waals surface area contributed by atoms with Gasteiger partial charge in [0, 0.05) is 0 Å². The van der Waals surface area contributed by atoms with Gasteiger partial charge in [-0.25, -0.2) is 0 Å². The van der Waals surface area contributed by atoms with Crippen LogP contribution >= 0.6 is 0 Å². The van der Waals surface area contributed by atoms with E-state index in [0.717, 1.165) is 17.9 Å². The molecule has 3 rings (SSSR count). The minimum atomic E-state index is -0.364. The predicted molar refractivity (Wildman–Crippen MR) is 76.0 cm³/mol. The zero-order valence-corrected chi connectivity index (χ0v) is 12.5. The highest BCUT2D eigenvalue weighted by Gasteiger charge is 2.61. The summed E-state index contributed by atoms with van der Waals surface area (Å²) < 4.78 is 5.57. The molecule has 2 bridgehead atoms. The molecule has 5 heteroatoms. The zero-order chi connectivity index (χ0) is 14.8. The molecule has 4 atom stereocenters. The zero-order valence-electron chi connectivity index (χ0n) is 12.5. The fourth-order valence-electron chi connectivity index (χ4n) is 3.44. The summed E-state index contributed by atoms with van der Waals surface area (Å²) in [7, 11) is 0. The van der Waals surface area contributed by atoms with E-state index in [0.29, 0.717) is 6.61 Å². The Hall–Kier alpha value is -1.20. The van der Waals surface area contributed by atoms with Crippen molar-refractivity contribution in [3.05, 3.63) is 12.2 Å². The molecule has 0 radical (unpaired) electrons. The smallest absolute Gasteiger partial charge is 0.260 e. The van der Waals surface area contributed by atoms with Gasteiger partial charge in [-0.2, -0.15) is 5.06 Å². The van der Waals surface area contributed by atoms with Crippen LogP contribution in [-0.2, 0) is 19.2 Å². The van der Waals surface area contributed by atoms with Gasteiger partial charge in [0.15, 0.2) is 0 Å². The first-order chi connectivity index (χ1) is 10.2. The van der Waals surface area contributed by atoms with Gasteiger partial charge in [0.2, 0.25) is 0 Å². The monoisotopic (exact) mass is 293 g/mol. The molecule has 0 spiro atoms. The molecule has 0 aromatic rings. The number of amides is 2. The molecule has 0 aromatic carbocycles. The fourth-order valence-corrected chi connectivity index (χ4v) is 3.44. The molecule has 0 saturated carbocycles. The molecule has 5 nitrogen and oxygen atoms in total. The third kappa shape index (κ3) is 2.64. The Kier molecular flexibility index (Phi) is 4.40. The molecule has 2 saturated heterocycles. The second kappa shape index (κ2) is 6.28. The van der Waals surface area contributed by atoms with Crippen LogP contribution in [0.4, 0.5) is 0 Å². The van der Waals surface area contributed by atoms with E-state index in [2.05, 4.69) is 6.92 Å². The average Bonchev–Trinajstić information content (AvgIpc) is 3.15. The van der Waals surface area contributed by atoms with E-state index >= 15 is 0 Å². The first kappa shape index (κ1) is 14.7. The molecule has 2 fully saturated rings. The summed E-state index contributed by atoms with van der Waals surface area (Å²) in [4.78, 5) is 30.0. The number of carbonyl (C=O) groups is 2. The number of carbonyl (C=O) groups excluding carboxylic acids is 2. The van der Waals surface area contributed by atoms with Crippen LogP contribution in [0.25, 0.3) is 0 Å². The lowest BCUT2D eigenvalue weighted by Gasteiger charge is -2.16. The highest BCUT2D eigenvalue weighted by molar-refractivity contribution is 6.05. The first-order valence-corrected chi connectivity index (χ1v) is 8.08. The maximum atomic E-state index is 12.3. The normalized spacial score (nSPS) is 33.3. The van der Waals surface area contributed by atoms with E-state index in [1.165, 1.54) is 25.7 Å². The van der Waals surface area contributed by atoms with Crippen molar-refractivity contribution in [3.8, 4) is 0 Å². The minimum Gasteiger partial charge on any atom is -0.365 e. The average molecular weight is 293 g/mol. The number of rotatable bonds is 8. The maximum Gasteiger partial charge on any atom is 0.260 e. The first-order valence-electron chi connectivity index (χ1n) is 8.08. The number of nitrogens with zero attached hydrogens (tertiary/aromatic N) is 1. The summed E-state index contributed by atoms with van der Waals surface area (Å²) in [6.45, 7) is 2.63. The van der Waals surface area contributed by atoms with Crippen LogP contribution in [0.2, 0.25) is 0 Å². The van der Waals surface area contributed by atoms with Crippen molar-refractivity contribution in [2.24, 2.45) is 11.8 Å². The number of unbranched alkanes of at least 4 members (excludes halogenated alkanes) is 5. The number of hydrogen-bond donors (Lipinski definition) is 0. The SMILES string of the molecule is CCCCCCCCON1C(=O)[C@@H]2[C@H](C1=O)[C@H]1C=C[C@H]2O1. The van der Waals surface area contributed by atoms with Gasteiger partial charge in [0.1, 0.15) is 0 Å². The number of fused-ring (bicyclic) bond motifs is 5. The largest absolute Gasteiger partial charge is 0.365 e. The molecule has 0 aromatic heterocycles. The Morgan fingerprint density at radius 2 is 1.57 bits per heavy atom. The van der Waals surface area contributed by atoms with Gasteiger partial charge >= 0.3 is 0 Å². The van der Waals surface area contributed by atoms with Crippen LogP contribution < -0.4 is 0 Å². The number of imide groups is 1. The highest BCUT2D eigenvalue weighted by atomic mass is 16.7. The molecule has 21 heavy (non-hydrogen) atoms. The van der Waals surface area contributed by atoms with Crippen molar-refractivity contribution >= 4 is 11.8 Å². The second-order valence-corrected chi connectivity index (χ2v) is 6.07. The standard InChI is InChI=1S/C16H23NO4/c1-2-3-4-5-6-7-10-20-17-15(18)13-11-8-9-12(21-11)14(13)16(17)19/h8-9,11-14H,2-7,10H2,1H3/t11-,12-,13-,14+/m1/s1. The predicted octanol–water partition coefficient (Wildman–Crippen LogP) is 2.22. The van der Waals surface area contributed by atoms with E-state index < -0.39 is 0 Å².